The summed E-state index contributed by atoms with van der Waals surface area (Å²) in [6, 6.07) is 18.1. The van der Waals surface area contributed by atoms with Crippen molar-refractivity contribution in [3.8, 4) is 0 Å². The molecule has 1 aliphatic rings. The molecule has 1 N–H and O–H groups in total. The van der Waals surface area contributed by atoms with Gasteiger partial charge in [0.15, 0.2) is 0 Å². The van der Waals surface area contributed by atoms with E-state index < -0.39 is 17.8 Å². The normalized spacial score (nSPS) is 14.6. The maximum Gasteiger partial charge on any atom is 0.249 e. The van der Waals surface area contributed by atoms with Gasteiger partial charge in [-0.15, -0.1) is 5.10 Å². The van der Waals surface area contributed by atoms with Crippen molar-refractivity contribution in [2.75, 3.05) is 4.90 Å². The third-order valence-electron chi connectivity index (χ3n) is 7.01. The van der Waals surface area contributed by atoms with Crippen LogP contribution in [0, 0.1) is 19.7 Å². The Morgan fingerprint density at radius 2 is 1.78 bits per heavy atom. The number of hydrogen-bond acceptors (Lipinski definition) is 4. The number of carbonyl (C=O) groups is 2. The summed E-state index contributed by atoms with van der Waals surface area (Å²) in [5.74, 6) is -1.32. The van der Waals surface area contributed by atoms with E-state index in [-0.39, 0.29) is 24.1 Å². The molecule has 4 aromatic rings. The van der Waals surface area contributed by atoms with Gasteiger partial charge >= 0.3 is 0 Å². The van der Waals surface area contributed by atoms with E-state index in [0.717, 1.165) is 36.8 Å². The molecule has 1 heterocycles. The molecule has 1 saturated carbocycles. The van der Waals surface area contributed by atoms with Crippen LogP contribution in [0.4, 0.5) is 10.1 Å². The number of anilines is 1. The van der Waals surface area contributed by atoms with Crippen LogP contribution in [-0.2, 0) is 16.1 Å². The number of aryl methyl sites for hydroxylation is 2. The Morgan fingerprint density at radius 1 is 1.05 bits per heavy atom. The highest BCUT2D eigenvalue weighted by molar-refractivity contribution is 6.02. The predicted octanol–water partition coefficient (Wildman–Crippen LogP) is 5.02. The fourth-order valence-corrected chi connectivity index (χ4v) is 5.08. The monoisotopic (exact) mass is 499 g/mol. The summed E-state index contributed by atoms with van der Waals surface area (Å²) in [7, 11) is 0. The minimum Gasteiger partial charge on any atom is -0.351 e. The first-order valence-electron chi connectivity index (χ1n) is 12.6. The topological polar surface area (TPSA) is 80.1 Å². The van der Waals surface area contributed by atoms with Gasteiger partial charge in [-0.05, 0) is 62.1 Å². The number of fused-ring (bicyclic) bond motifs is 1. The molecular formula is C29H30FN5O2. The molecule has 3 aromatic carbocycles. The van der Waals surface area contributed by atoms with Crippen LogP contribution in [-0.4, -0.2) is 32.9 Å². The van der Waals surface area contributed by atoms with Gasteiger partial charge in [-0.25, -0.2) is 9.07 Å². The number of nitrogens with zero attached hydrogens (tertiary/aromatic N) is 4. The van der Waals surface area contributed by atoms with Crippen molar-refractivity contribution in [2.45, 2.75) is 58.2 Å². The highest BCUT2D eigenvalue weighted by atomic mass is 19.1. The average Bonchev–Trinajstić information content (AvgIpc) is 3.55. The molecule has 1 atom stereocenters. The lowest BCUT2D eigenvalue weighted by molar-refractivity contribution is -0.127. The van der Waals surface area contributed by atoms with Gasteiger partial charge in [-0.1, -0.05) is 60.5 Å². The Kier molecular flexibility index (Phi) is 6.99. The zero-order chi connectivity index (χ0) is 25.9. The molecule has 1 aromatic heterocycles. The van der Waals surface area contributed by atoms with Crippen LogP contribution in [0.2, 0.25) is 0 Å². The predicted molar refractivity (Wildman–Crippen MR) is 140 cm³/mol. The van der Waals surface area contributed by atoms with Gasteiger partial charge in [0.2, 0.25) is 11.8 Å². The second-order valence-electron chi connectivity index (χ2n) is 9.70. The fraction of sp³-hybridized carbons (Fsp3) is 0.310. The molecule has 1 aliphatic carbocycles. The molecule has 0 bridgehead atoms. The number of halogens is 1. The molecule has 7 nitrogen and oxygen atoms in total. The Hall–Kier alpha value is -4.07. The zero-order valence-electron chi connectivity index (χ0n) is 21.0. The SMILES string of the molecule is Cc1ccc(C)c(N(C(=O)Cn2nnc3ccccc32)[C@H](C(=O)NC2CCCC2)c2ccccc2F)c1. The maximum atomic E-state index is 15.3. The lowest BCUT2D eigenvalue weighted by Gasteiger charge is -2.33. The van der Waals surface area contributed by atoms with Gasteiger partial charge in [-0.3, -0.25) is 14.5 Å². The van der Waals surface area contributed by atoms with Gasteiger partial charge in [0.25, 0.3) is 0 Å². The summed E-state index contributed by atoms with van der Waals surface area (Å²) in [4.78, 5) is 29.4. The summed E-state index contributed by atoms with van der Waals surface area (Å²) in [6.45, 7) is 3.65. The van der Waals surface area contributed by atoms with E-state index in [4.69, 9.17) is 0 Å². The Bertz CT molecular complexity index is 1440. The minimum atomic E-state index is -1.19. The molecule has 0 saturated heterocycles. The molecule has 2 amide bonds. The molecule has 0 unspecified atom stereocenters. The summed E-state index contributed by atoms with van der Waals surface area (Å²) in [6.07, 6.45) is 3.82. The van der Waals surface area contributed by atoms with Crippen molar-refractivity contribution in [3.05, 3.63) is 89.2 Å². The Balaban J connectivity index is 1.62. The number of carbonyl (C=O) groups excluding carboxylic acids is 2. The van der Waals surface area contributed by atoms with E-state index in [9.17, 15) is 9.59 Å². The van der Waals surface area contributed by atoms with Crippen molar-refractivity contribution < 1.29 is 14.0 Å². The van der Waals surface area contributed by atoms with E-state index in [2.05, 4.69) is 15.6 Å². The molecule has 37 heavy (non-hydrogen) atoms. The maximum absolute atomic E-state index is 15.3. The van der Waals surface area contributed by atoms with Crippen LogP contribution < -0.4 is 10.2 Å². The van der Waals surface area contributed by atoms with E-state index in [0.29, 0.717) is 16.7 Å². The van der Waals surface area contributed by atoms with Crippen LogP contribution in [0.5, 0.6) is 0 Å². The number of hydrogen-bond donors (Lipinski definition) is 1. The third kappa shape index (κ3) is 5.09. The van der Waals surface area contributed by atoms with E-state index in [1.807, 2.05) is 56.3 Å². The van der Waals surface area contributed by atoms with Crippen LogP contribution in [0.25, 0.3) is 11.0 Å². The van der Waals surface area contributed by atoms with Gasteiger partial charge < -0.3 is 5.32 Å². The van der Waals surface area contributed by atoms with E-state index in [1.165, 1.54) is 15.6 Å². The van der Waals surface area contributed by atoms with Gasteiger partial charge in [-0.2, -0.15) is 0 Å². The molecular weight excluding hydrogens is 469 g/mol. The second-order valence-corrected chi connectivity index (χ2v) is 9.70. The third-order valence-corrected chi connectivity index (χ3v) is 7.01. The zero-order valence-corrected chi connectivity index (χ0v) is 21.0. The first-order valence-corrected chi connectivity index (χ1v) is 12.6. The number of amides is 2. The number of nitrogens with one attached hydrogen (secondary N) is 1. The van der Waals surface area contributed by atoms with Gasteiger partial charge in [0, 0.05) is 17.3 Å². The molecule has 8 heteroatoms. The van der Waals surface area contributed by atoms with Gasteiger partial charge in [0.05, 0.1) is 5.52 Å². The fourth-order valence-electron chi connectivity index (χ4n) is 5.08. The lowest BCUT2D eigenvalue weighted by Crippen LogP contribution is -2.48. The lowest BCUT2D eigenvalue weighted by atomic mass is 10.00. The summed E-state index contributed by atoms with van der Waals surface area (Å²) >= 11 is 0. The van der Waals surface area contributed by atoms with Crippen molar-refractivity contribution in [1.82, 2.24) is 20.3 Å². The smallest absolute Gasteiger partial charge is 0.249 e. The first kappa shape index (κ1) is 24.6. The Morgan fingerprint density at radius 3 is 2.57 bits per heavy atom. The second kappa shape index (κ2) is 10.5. The van der Waals surface area contributed by atoms with E-state index >= 15 is 4.39 Å². The molecule has 0 aliphatic heterocycles. The number of rotatable bonds is 7. The molecule has 190 valence electrons. The standard InChI is InChI=1S/C29H30FN5O2/c1-19-15-16-20(2)26(17-19)35(27(36)18-34-25-14-8-7-13-24(25)32-33-34)28(22-11-5-6-12-23(22)30)29(37)31-21-9-3-4-10-21/h5-8,11-17,21,28H,3-4,9-10,18H2,1-2H3,(H,31,37)/t28-/m0/s1. The molecule has 5 rings (SSSR count). The largest absolute Gasteiger partial charge is 0.351 e. The quantitative estimate of drug-likeness (QED) is 0.387. The van der Waals surface area contributed by atoms with Crippen molar-refractivity contribution in [3.63, 3.8) is 0 Å². The molecule has 1 fully saturated rings. The van der Waals surface area contributed by atoms with Crippen LogP contribution in [0.3, 0.4) is 0 Å². The minimum absolute atomic E-state index is 0.0107. The highest BCUT2D eigenvalue weighted by Gasteiger charge is 2.36. The molecule has 0 radical (unpaired) electrons. The van der Waals surface area contributed by atoms with Crippen LogP contribution >= 0.6 is 0 Å². The Labute approximate surface area is 215 Å². The number of aromatic nitrogens is 3. The van der Waals surface area contributed by atoms with Crippen molar-refractivity contribution >= 4 is 28.5 Å². The van der Waals surface area contributed by atoms with Crippen LogP contribution in [0.1, 0.15) is 48.4 Å². The summed E-state index contributed by atoms with van der Waals surface area (Å²) in [5.41, 5.74) is 3.80. The van der Waals surface area contributed by atoms with Crippen LogP contribution in [0.15, 0.2) is 66.7 Å². The first-order chi connectivity index (χ1) is 17.9. The number of para-hydroxylation sites is 1. The van der Waals surface area contributed by atoms with Crippen molar-refractivity contribution in [1.29, 1.82) is 0 Å². The summed E-state index contributed by atoms with van der Waals surface area (Å²) < 4.78 is 16.8. The van der Waals surface area contributed by atoms with E-state index in [1.54, 1.807) is 18.2 Å². The molecule has 0 spiro atoms. The van der Waals surface area contributed by atoms with Gasteiger partial charge in [0.1, 0.15) is 23.9 Å². The van der Waals surface area contributed by atoms with Crippen molar-refractivity contribution in [2.24, 2.45) is 0 Å². The highest BCUT2D eigenvalue weighted by Crippen LogP contribution is 2.33. The summed E-state index contributed by atoms with van der Waals surface area (Å²) in [5, 5.41) is 11.4. The number of benzene rings is 3. The average molecular weight is 500 g/mol.